The molecule has 9 heteroatoms. The van der Waals surface area contributed by atoms with Crippen LogP contribution in [0.4, 0.5) is 11.5 Å². The zero-order valence-corrected chi connectivity index (χ0v) is 20.6. The van der Waals surface area contributed by atoms with Gasteiger partial charge in [-0.15, -0.1) is 0 Å². The molecule has 0 unspecified atom stereocenters. The lowest BCUT2D eigenvalue weighted by atomic mass is 9.79. The maximum absolute atomic E-state index is 11.0. The Bertz CT molecular complexity index is 1140. The predicted octanol–water partition coefficient (Wildman–Crippen LogP) is 4.87. The number of carbonyl (C=O) groups is 1. The van der Waals surface area contributed by atoms with E-state index in [1.54, 1.807) is 0 Å². The molecule has 6 rings (SSSR count). The Morgan fingerprint density at radius 1 is 1.08 bits per heavy atom. The predicted molar refractivity (Wildman–Crippen MR) is 134 cm³/mol. The van der Waals surface area contributed by atoms with E-state index in [1.165, 1.54) is 25.7 Å². The van der Waals surface area contributed by atoms with E-state index >= 15 is 0 Å². The third-order valence-corrected chi connectivity index (χ3v) is 7.83. The molecule has 0 atom stereocenters. The molecule has 9 nitrogen and oxygen atoms in total. The molecule has 2 aromatic rings. The fraction of sp³-hybridized carbons (Fsp3) is 0.593. The Kier molecular flexibility index (Phi) is 6.46. The van der Waals surface area contributed by atoms with Crippen molar-refractivity contribution in [2.45, 2.75) is 70.1 Å². The molecule has 2 aliphatic carbocycles. The molecule has 36 heavy (non-hydrogen) atoms. The van der Waals surface area contributed by atoms with Crippen LogP contribution in [0.2, 0.25) is 0 Å². The highest BCUT2D eigenvalue weighted by Gasteiger charge is 2.35. The quantitative estimate of drug-likeness (QED) is 0.469. The van der Waals surface area contributed by atoms with Crippen LogP contribution in [0.5, 0.6) is 11.9 Å². The average molecular weight is 492 g/mol. The van der Waals surface area contributed by atoms with Gasteiger partial charge in [0, 0.05) is 18.0 Å². The maximum atomic E-state index is 11.0. The zero-order valence-electron chi connectivity index (χ0n) is 20.6. The molecule has 2 aliphatic heterocycles. The van der Waals surface area contributed by atoms with Crippen molar-refractivity contribution in [2.24, 2.45) is 16.8 Å². The summed E-state index contributed by atoms with van der Waals surface area (Å²) >= 11 is 0. The van der Waals surface area contributed by atoms with E-state index in [9.17, 15) is 4.79 Å². The van der Waals surface area contributed by atoms with Crippen LogP contribution >= 0.6 is 0 Å². The van der Waals surface area contributed by atoms with E-state index in [0.717, 1.165) is 60.8 Å². The maximum Gasteiger partial charge on any atom is 0.321 e. The third-order valence-electron chi connectivity index (χ3n) is 7.83. The van der Waals surface area contributed by atoms with E-state index < -0.39 is 5.97 Å². The number of aromatic nitrogens is 3. The fourth-order valence-corrected chi connectivity index (χ4v) is 5.56. The van der Waals surface area contributed by atoms with Gasteiger partial charge in [0.05, 0.1) is 25.0 Å². The number of pyridine rings is 1. The average Bonchev–Trinajstić information content (AvgIpc) is 3.70. The Hall–Kier alpha value is -3.23. The largest absolute Gasteiger partial charge is 0.481 e. The molecule has 0 bridgehead atoms. The summed E-state index contributed by atoms with van der Waals surface area (Å²) in [5.41, 5.74) is 2.89. The van der Waals surface area contributed by atoms with Gasteiger partial charge in [-0.05, 0) is 62.5 Å². The number of unbranched alkanes of at least 4 members (excludes halogenated alkanes) is 1. The number of anilines is 1. The first-order valence-corrected chi connectivity index (χ1v) is 13.4. The van der Waals surface area contributed by atoms with Crippen LogP contribution in [0.3, 0.4) is 0 Å². The van der Waals surface area contributed by atoms with E-state index in [2.05, 4.69) is 32.0 Å². The number of rotatable bonds is 10. The second-order valence-corrected chi connectivity index (χ2v) is 10.5. The number of aliphatic imine (C=N–C) groups is 1. The molecule has 0 aromatic carbocycles. The van der Waals surface area contributed by atoms with E-state index in [0.29, 0.717) is 49.3 Å². The highest BCUT2D eigenvalue weighted by atomic mass is 16.5. The molecule has 2 fully saturated rings. The van der Waals surface area contributed by atoms with Gasteiger partial charge in [0.15, 0.2) is 11.7 Å². The van der Waals surface area contributed by atoms with Crippen molar-refractivity contribution < 1.29 is 19.4 Å². The summed E-state index contributed by atoms with van der Waals surface area (Å²) in [4.78, 5) is 31.6. The summed E-state index contributed by atoms with van der Waals surface area (Å²) in [6.07, 6.45) is 12.4. The first kappa shape index (κ1) is 23.2. The molecule has 4 aliphatic rings. The van der Waals surface area contributed by atoms with Crippen molar-refractivity contribution >= 4 is 23.3 Å². The second kappa shape index (κ2) is 10.0. The molecule has 190 valence electrons. The summed E-state index contributed by atoms with van der Waals surface area (Å²) in [5, 5.41) is 9.04. The molecule has 0 radical (unpaired) electrons. The van der Waals surface area contributed by atoms with Crippen molar-refractivity contribution in [2.75, 3.05) is 24.7 Å². The Morgan fingerprint density at radius 3 is 2.67 bits per heavy atom. The third kappa shape index (κ3) is 5.01. The smallest absolute Gasteiger partial charge is 0.321 e. The Balaban J connectivity index is 1.08. The lowest BCUT2D eigenvalue weighted by Gasteiger charge is -2.29. The lowest BCUT2D eigenvalue weighted by Crippen LogP contribution is -2.36. The van der Waals surface area contributed by atoms with Crippen LogP contribution in [0.1, 0.15) is 81.4 Å². The van der Waals surface area contributed by atoms with Crippen molar-refractivity contribution in [1.29, 1.82) is 0 Å². The monoisotopic (exact) mass is 491 g/mol. The van der Waals surface area contributed by atoms with Gasteiger partial charge in [0.1, 0.15) is 12.2 Å². The van der Waals surface area contributed by atoms with Gasteiger partial charge in [0.2, 0.25) is 5.88 Å². The van der Waals surface area contributed by atoms with Gasteiger partial charge >= 0.3 is 12.0 Å². The summed E-state index contributed by atoms with van der Waals surface area (Å²) in [5.74, 6) is 2.93. The minimum Gasteiger partial charge on any atom is -0.481 e. The number of carboxylic acid groups (broad SMARTS) is 1. The number of amidine groups is 1. The van der Waals surface area contributed by atoms with Crippen molar-refractivity contribution in [3.8, 4) is 11.9 Å². The van der Waals surface area contributed by atoms with E-state index in [1.807, 2.05) is 6.20 Å². The van der Waals surface area contributed by atoms with Crippen LogP contribution in [-0.4, -0.2) is 51.6 Å². The molecular formula is C27H33N5O4. The minimum absolute atomic E-state index is 0.277. The highest BCUT2D eigenvalue weighted by Crippen LogP contribution is 2.41. The van der Waals surface area contributed by atoms with Gasteiger partial charge in [0.25, 0.3) is 0 Å². The standard InChI is InChI=1S/C27H33N5O4/c33-22(34)15-18-6-8-19(9-7-18)21-11-10-20(16-28-21)32-12-14-35-26-23-24(29-25(23)32)30-27(31-26)36-13-2-1-3-17-4-5-17/h10-11,16-19H,1-9,12-15H2,(H,33,34). The summed E-state index contributed by atoms with van der Waals surface area (Å²) < 4.78 is 11.8. The van der Waals surface area contributed by atoms with Crippen LogP contribution in [0, 0.1) is 11.8 Å². The fourth-order valence-electron chi connectivity index (χ4n) is 5.56. The summed E-state index contributed by atoms with van der Waals surface area (Å²) in [7, 11) is 0. The number of hydrogen-bond donors (Lipinski definition) is 1. The first-order chi connectivity index (χ1) is 17.6. The second-order valence-electron chi connectivity index (χ2n) is 10.5. The molecule has 0 amide bonds. The van der Waals surface area contributed by atoms with Crippen molar-refractivity contribution in [1.82, 2.24) is 15.0 Å². The van der Waals surface area contributed by atoms with Gasteiger partial charge in [-0.25, -0.2) is 4.99 Å². The topological polar surface area (TPSA) is 110 Å². The van der Waals surface area contributed by atoms with Gasteiger partial charge in [-0.1, -0.05) is 19.3 Å². The zero-order chi connectivity index (χ0) is 24.5. The van der Waals surface area contributed by atoms with Crippen LogP contribution in [-0.2, 0) is 4.79 Å². The number of nitrogens with zero attached hydrogens (tertiary/aromatic N) is 5. The molecule has 2 saturated carbocycles. The number of carboxylic acids is 1. The number of aliphatic carboxylic acids is 1. The number of hydrogen-bond acceptors (Lipinski definition) is 8. The van der Waals surface area contributed by atoms with Gasteiger partial charge in [-0.2, -0.15) is 9.97 Å². The molecule has 0 saturated heterocycles. The van der Waals surface area contributed by atoms with Crippen molar-refractivity contribution in [3.05, 3.63) is 29.6 Å². The van der Waals surface area contributed by atoms with E-state index in [4.69, 9.17) is 19.6 Å². The molecule has 2 aromatic heterocycles. The highest BCUT2D eigenvalue weighted by molar-refractivity contribution is 6.20. The van der Waals surface area contributed by atoms with Crippen LogP contribution < -0.4 is 14.4 Å². The first-order valence-electron chi connectivity index (χ1n) is 13.4. The molecule has 0 spiro atoms. The van der Waals surface area contributed by atoms with E-state index in [-0.39, 0.29) is 6.42 Å². The Labute approximate surface area is 211 Å². The Morgan fingerprint density at radius 2 is 1.92 bits per heavy atom. The van der Waals surface area contributed by atoms with Crippen molar-refractivity contribution in [3.63, 3.8) is 0 Å². The normalized spacial score (nSPS) is 22.6. The van der Waals surface area contributed by atoms with Gasteiger partial charge in [-0.3, -0.25) is 9.78 Å². The lowest BCUT2D eigenvalue weighted by molar-refractivity contribution is -0.138. The number of ether oxygens (including phenoxy) is 2. The molecule has 1 N–H and O–H groups in total. The minimum atomic E-state index is -0.695. The SMILES string of the molecule is O=C(O)CC1CCC(c2ccc(N3CCOc4nc(OCCCCC5CC5)nc5c4C3=N5)cn2)CC1. The molecular weight excluding hydrogens is 458 g/mol. The summed E-state index contributed by atoms with van der Waals surface area (Å²) in [6.45, 7) is 1.75. The summed E-state index contributed by atoms with van der Waals surface area (Å²) in [6, 6.07) is 4.54. The molecule has 4 heterocycles. The van der Waals surface area contributed by atoms with Crippen LogP contribution in [0.25, 0.3) is 0 Å². The van der Waals surface area contributed by atoms with Gasteiger partial charge < -0.3 is 19.5 Å². The van der Waals surface area contributed by atoms with Crippen LogP contribution in [0.15, 0.2) is 23.3 Å².